The Morgan fingerprint density at radius 1 is 0.812 bits per heavy atom. The molecule has 1 N–H and O–H groups in total. The first-order chi connectivity index (χ1) is 15.1. The van der Waals surface area contributed by atoms with Crippen molar-refractivity contribution < 1.29 is 4.59 Å². The summed E-state index contributed by atoms with van der Waals surface area (Å²) in [7, 11) is 2.19. The Labute approximate surface area is 196 Å². The van der Waals surface area contributed by atoms with Crippen molar-refractivity contribution in [2.45, 2.75) is 0 Å². The highest BCUT2D eigenvalue weighted by atomic mass is 35.5. The molecule has 32 heavy (non-hydrogen) atoms. The lowest BCUT2D eigenvalue weighted by Gasteiger charge is -2.27. The summed E-state index contributed by atoms with van der Waals surface area (Å²) >= 11 is 0. The van der Waals surface area contributed by atoms with Crippen molar-refractivity contribution in [1.29, 1.82) is 0 Å². The third kappa shape index (κ3) is 3.86. The molecule has 0 aromatic heterocycles. The Bertz CT molecular complexity index is 1070. The van der Waals surface area contributed by atoms with Crippen LogP contribution in [0.5, 0.6) is 0 Å². The first-order valence-corrected chi connectivity index (χ1v) is 12.5. The average Bonchev–Trinajstić information content (AvgIpc) is 3.14. The van der Waals surface area contributed by atoms with E-state index in [4.69, 9.17) is 5.10 Å². The molecule has 162 valence electrons. The molecule has 0 aliphatic carbocycles. The van der Waals surface area contributed by atoms with Gasteiger partial charge in [-0.1, -0.05) is 59.7 Å². The van der Waals surface area contributed by atoms with Gasteiger partial charge in [-0.3, -0.25) is 5.32 Å². The highest BCUT2D eigenvalue weighted by molar-refractivity contribution is 7.96. The van der Waals surface area contributed by atoms with E-state index < -0.39 is 7.26 Å². The second-order valence-corrected chi connectivity index (χ2v) is 11.6. The monoisotopic (exact) mass is 462 g/mol. The second kappa shape index (κ2) is 8.91. The van der Waals surface area contributed by atoms with E-state index >= 15 is 0 Å². The van der Waals surface area contributed by atoms with Crippen LogP contribution in [0.4, 0.5) is 0 Å². The summed E-state index contributed by atoms with van der Waals surface area (Å²) in [5.41, 5.74) is 0. The van der Waals surface area contributed by atoms with Crippen LogP contribution in [0.25, 0.3) is 0 Å². The summed E-state index contributed by atoms with van der Waals surface area (Å²) in [5, 5.41) is 12.9. The van der Waals surface area contributed by atoms with Crippen LogP contribution in [-0.2, 0) is 0 Å². The van der Waals surface area contributed by atoms with E-state index in [0.717, 1.165) is 17.8 Å². The molecule has 0 fully saturated rings. The molecule has 1 unspecified atom stereocenters. The van der Waals surface area contributed by atoms with Crippen LogP contribution in [0.2, 0.25) is 0 Å². The van der Waals surface area contributed by atoms with Crippen molar-refractivity contribution in [1.82, 2.24) is 10.2 Å². The van der Waals surface area contributed by atoms with Crippen LogP contribution in [0.1, 0.15) is 0 Å². The highest BCUT2D eigenvalue weighted by Gasteiger charge is 2.49. The standard InChI is InChI=1S/C26H27N4P.ClH/c1-29-18-19-30(2)26(20-29)27-25(28-30)21-31(22-12-6-3-7-13-22,23-14-8-4-9-15-23)24-16-10-5-11-17-24;/h3-20H,21H2,1-2H3,(H,27,28);1H/q+2;. The summed E-state index contributed by atoms with van der Waals surface area (Å²) in [5.74, 6) is 2.10. The Balaban J connectivity index is 0.00000245. The smallest absolute Gasteiger partial charge is 0.255 e. The van der Waals surface area contributed by atoms with E-state index in [0.29, 0.717) is 4.59 Å². The molecule has 0 saturated carbocycles. The molecule has 0 radical (unpaired) electrons. The summed E-state index contributed by atoms with van der Waals surface area (Å²) in [6.07, 6.45) is 7.13. The van der Waals surface area contributed by atoms with E-state index in [1.807, 2.05) is 7.05 Å². The number of hydrogen-bond donors (Lipinski definition) is 1. The molecule has 0 amide bonds. The maximum atomic E-state index is 5.13. The van der Waals surface area contributed by atoms with Gasteiger partial charge in [0.2, 0.25) is 5.84 Å². The van der Waals surface area contributed by atoms with Crippen LogP contribution in [0.3, 0.4) is 0 Å². The summed E-state index contributed by atoms with van der Waals surface area (Å²) in [4.78, 5) is 2.06. The van der Waals surface area contributed by atoms with E-state index in [1.54, 1.807) is 0 Å². The molecule has 4 nitrogen and oxygen atoms in total. The first-order valence-electron chi connectivity index (χ1n) is 10.5. The minimum atomic E-state index is -1.97. The maximum Gasteiger partial charge on any atom is 0.255 e. The average molecular weight is 463 g/mol. The fourth-order valence-electron chi connectivity index (χ4n) is 4.39. The largest absolute Gasteiger partial charge is 0.346 e. The van der Waals surface area contributed by atoms with E-state index in [9.17, 15) is 0 Å². The minimum absolute atomic E-state index is 0. The van der Waals surface area contributed by atoms with Crippen molar-refractivity contribution in [3.05, 3.63) is 115 Å². The lowest BCUT2D eigenvalue weighted by Crippen LogP contribution is -2.39. The number of amidine groups is 1. The first kappa shape index (κ1) is 22.3. The van der Waals surface area contributed by atoms with Crippen molar-refractivity contribution in [2.24, 2.45) is 5.10 Å². The lowest BCUT2D eigenvalue weighted by molar-refractivity contribution is -0.826. The molecule has 1 atom stereocenters. The molecule has 3 aromatic rings. The predicted molar refractivity (Wildman–Crippen MR) is 139 cm³/mol. The van der Waals surface area contributed by atoms with Gasteiger partial charge in [0.15, 0.2) is 0 Å². The zero-order valence-electron chi connectivity index (χ0n) is 18.3. The fraction of sp³-hybridized carbons (Fsp3) is 0.115. The van der Waals surface area contributed by atoms with Crippen LogP contribution >= 0.6 is 19.7 Å². The number of nitrogens with zero attached hydrogens (tertiary/aromatic N) is 3. The summed E-state index contributed by atoms with van der Waals surface area (Å²) < 4.78 is 0.429. The second-order valence-electron chi connectivity index (χ2n) is 8.15. The molecule has 6 heteroatoms. The molecule has 0 saturated heterocycles. The topological polar surface area (TPSA) is 27.6 Å². The summed E-state index contributed by atoms with van der Waals surface area (Å²) in [6.45, 7) is 0. The third-order valence-electron chi connectivity index (χ3n) is 5.98. The Morgan fingerprint density at radius 2 is 1.28 bits per heavy atom. The maximum absolute atomic E-state index is 5.13. The molecule has 0 bridgehead atoms. The van der Waals surface area contributed by atoms with E-state index in [1.165, 1.54) is 15.9 Å². The number of nitrogens with one attached hydrogen (secondary N) is 1. The van der Waals surface area contributed by atoms with Gasteiger partial charge in [0.1, 0.15) is 42.6 Å². The summed E-state index contributed by atoms with van der Waals surface area (Å²) in [6, 6.07) is 32.8. The van der Waals surface area contributed by atoms with Gasteiger partial charge >= 0.3 is 0 Å². The van der Waals surface area contributed by atoms with E-state index in [-0.39, 0.29) is 12.4 Å². The quantitative estimate of drug-likeness (QED) is 0.459. The fourth-order valence-corrected chi connectivity index (χ4v) is 8.47. The molecule has 2 aliphatic rings. The molecule has 2 aliphatic heterocycles. The SMILES string of the molecule is CN1C=C[N+]2(C)N=C(C[P+](c3ccccc3)(c3ccccc3)c3ccccc3)NC2=C1.Cl. The Kier molecular flexibility index (Phi) is 6.21. The van der Waals surface area contributed by atoms with Gasteiger partial charge in [0, 0.05) is 7.05 Å². The van der Waals surface area contributed by atoms with Crippen LogP contribution in [0, 0.1) is 0 Å². The highest BCUT2D eigenvalue weighted by Crippen LogP contribution is 2.55. The minimum Gasteiger partial charge on any atom is -0.346 e. The number of halogens is 1. The van der Waals surface area contributed by atoms with Gasteiger partial charge in [0.25, 0.3) is 5.82 Å². The number of hydrogen-bond acceptors (Lipinski definition) is 3. The Hall–Kier alpha value is -2.91. The van der Waals surface area contributed by atoms with Crippen molar-refractivity contribution >= 4 is 41.4 Å². The van der Waals surface area contributed by atoms with Gasteiger partial charge in [-0.15, -0.1) is 17.0 Å². The number of quaternary nitrogens is 1. The predicted octanol–water partition coefficient (Wildman–Crippen LogP) is 3.98. The number of fused-ring (bicyclic) bond motifs is 1. The van der Waals surface area contributed by atoms with Crippen LogP contribution in [0.15, 0.2) is 121 Å². The number of benzene rings is 3. The lowest BCUT2D eigenvalue weighted by atomic mass is 10.4. The molecule has 3 aromatic carbocycles. The van der Waals surface area contributed by atoms with Crippen molar-refractivity contribution in [3.8, 4) is 0 Å². The third-order valence-corrected chi connectivity index (χ3v) is 10.3. The zero-order valence-corrected chi connectivity index (χ0v) is 20.0. The van der Waals surface area contributed by atoms with E-state index in [2.05, 4.69) is 127 Å². The number of rotatable bonds is 5. The molecule has 2 heterocycles. The van der Waals surface area contributed by atoms with Crippen LogP contribution < -0.4 is 21.2 Å². The molecule has 5 rings (SSSR count). The zero-order chi connectivity index (χ0) is 21.3. The van der Waals surface area contributed by atoms with Gasteiger partial charge in [-0.25, -0.2) is 0 Å². The van der Waals surface area contributed by atoms with Gasteiger partial charge < -0.3 is 4.90 Å². The van der Waals surface area contributed by atoms with Crippen molar-refractivity contribution in [2.75, 3.05) is 20.3 Å². The van der Waals surface area contributed by atoms with Gasteiger partial charge in [0.05, 0.1) is 12.4 Å². The van der Waals surface area contributed by atoms with Crippen molar-refractivity contribution in [3.63, 3.8) is 0 Å². The molecular formula is C26H28ClN4P+2. The molecular weight excluding hydrogens is 435 g/mol. The Morgan fingerprint density at radius 3 is 1.75 bits per heavy atom. The normalized spacial score (nSPS) is 19.4. The van der Waals surface area contributed by atoms with Gasteiger partial charge in [-0.2, -0.15) is 0 Å². The molecule has 0 spiro atoms. The van der Waals surface area contributed by atoms with Crippen LogP contribution in [-0.4, -0.2) is 35.6 Å². The van der Waals surface area contributed by atoms with Gasteiger partial charge in [-0.05, 0) is 36.4 Å².